The highest BCUT2D eigenvalue weighted by atomic mass is 16.3. The van der Waals surface area contributed by atoms with Crippen LogP contribution in [-0.2, 0) is 9.59 Å². The number of rotatable bonds is 15. The van der Waals surface area contributed by atoms with Gasteiger partial charge in [0.05, 0.1) is 6.10 Å². The van der Waals surface area contributed by atoms with E-state index >= 15 is 0 Å². The van der Waals surface area contributed by atoms with Crippen LogP contribution in [0.1, 0.15) is 77.6 Å². The zero-order valence-electron chi connectivity index (χ0n) is 14.5. The first-order chi connectivity index (χ1) is 11.2. The summed E-state index contributed by atoms with van der Waals surface area (Å²) < 4.78 is 0. The van der Waals surface area contributed by atoms with E-state index in [1.165, 1.54) is 18.9 Å². The van der Waals surface area contributed by atoms with Crippen LogP contribution in [0.25, 0.3) is 0 Å². The van der Waals surface area contributed by atoms with Gasteiger partial charge in [-0.25, -0.2) is 4.79 Å². The molecule has 0 radical (unpaired) electrons. The van der Waals surface area contributed by atoms with E-state index in [1.54, 1.807) is 30.2 Å². The van der Waals surface area contributed by atoms with Crippen LogP contribution < -0.4 is 0 Å². The molecule has 0 saturated heterocycles. The van der Waals surface area contributed by atoms with E-state index in [0.29, 0.717) is 12.8 Å². The van der Waals surface area contributed by atoms with Gasteiger partial charge in [0, 0.05) is 12.5 Å². The maximum atomic E-state index is 11.6. The molecule has 130 valence electrons. The van der Waals surface area contributed by atoms with Crippen LogP contribution in [0.3, 0.4) is 0 Å². The second kappa shape index (κ2) is 16.9. The molecule has 1 N–H and O–H groups in total. The summed E-state index contributed by atoms with van der Waals surface area (Å²) >= 11 is 0. The number of carbonyl (C=O) groups excluding carboxylic acids is 2. The summed E-state index contributed by atoms with van der Waals surface area (Å²) in [6.45, 7) is 2.17. The van der Waals surface area contributed by atoms with Gasteiger partial charge in [-0.3, -0.25) is 4.79 Å². The summed E-state index contributed by atoms with van der Waals surface area (Å²) in [7, 11) is 0. The number of hydrogen-bond donors (Lipinski definition) is 1. The fraction of sp³-hybridized carbons (Fsp3) is 0.650. The molecule has 0 aromatic heterocycles. The fourth-order valence-corrected chi connectivity index (χ4v) is 2.33. The van der Waals surface area contributed by atoms with Crippen molar-refractivity contribution < 1.29 is 14.7 Å². The Hall–Kier alpha value is -1.44. The average molecular weight is 320 g/mol. The van der Waals surface area contributed by atoms with Crippen molar-refractivity contribution in [2.24, 2.45) is 0 Å². The first kappa shape index (κ1) is 21.6. The Morgan fingerprint density at radius 3 is 2.43 bits per heavy atom. The molecule has 0 rings (SSSR count). The average Bonchev–Trinajstić information content (AvgIpc) is 2.54. The van der Waals surface area contributed by atoms with Crippen LogP contribution in [0.15, 0.2) is 30.4 Å². The number of carbonyl (C=O) groups is 1. The van der Waals surface area contributed by atoms with Gasteiger partial charge in [0.25, 0.3) is 0 Å². The van der Waals surface area contributed by atoms with Crippen molar-refractivity contribution in [2.45, 2.75) is 83.7 Å². The van der Waals surface area contributed by atoms with E-state index in [1.807, 2.05) is 0 Å². The Labute approximate surface area is 141 Å². The minimum absolute atomic E-state index is 0.139. The third-order valence-corrected chi connectivity index (χ3v) is 3.72. The molecule has 0 bridgehead atoms. The van der Waals surface area contributed by atoms with Crippen molar-refractivity contribution in [2.75, 3.05) is 0 Å². The molecule has 0 aliphatic rings. The molecule has 1 atom stereocenters. The summed E-state index contributed by atoms with van der Waals surface area (Å²) in [4.78, 5) is 21.5. The lowest BCUT2D eigenvalue weighted by atomic mass is 10.0. The molecular formula is C20H32O3. The summed E-state index contributed by atoms with van der Waals surface area (Å²) in [6, 6.07) is 0. The zero-order chi connectivity index (χ0) is 17.2. The molecule has 0 aromatic carbocycles. The van der Waals surface area contributed by atoms with Crippen LogP contribution in [0, 0.1) is 0 Å². The van der Waals surface area contributed by atoms with Crippen LogP contribution >= 0.6 is 0 Å². The Bertz CT molecular complexity index is 390. The molecule has 0 heterocycles. The largest absolute Gasteiger partial charge is 0.393 e. The van der Waals surface area contributed by atoms with Crippen molar-refractivity contribution in [1.29, 1.82) is 0 Å². The molecule has 23 heavy (non-hydrogen) atoms. The molecule has 0 amide bonds. The number of aliphatic hydroxyl groups is 1. The van der Waals surface area contributed by atoms with Gasteiger partial charge >= 0.3 is 0 Å². The molecule has 3 nitrogen and oxygen atoms in total. The van der Waals surface area contributed by atoms with E-state index < -0.39 is 0 Å². The summed E-state index contributed by atoms with van der Waals surface area (Å²) in [5, 5.41) is 9.80. The molecular weight excluding hydrogens is 288 g/mol. The topological polar surface area (TPSA) is 54.4 Å². The first-order valence-electron chi connectivity index (χ1n) is 8.94. The van der Waals surface area contributed by atoms with E-state index in [9.17, 15) is 14.7 Å². The molecule has 0 unspecified atom stereocenters. The third kappa shape index (κ3) is 16.8. The maximum absolute atomic E-state index is 11.6. The molecule has 0 spiro atoms. The van der Waals surface area contributed by atoms with E-state index in [2.05, 4.69) is 6.92 Å². The van der Waals surface area contributed by atoms with E-state index in [-0.39, 0.29) is 11.9 Å². The van der Waals surface area contributed by atoms with Crippen molar-refractivity contribution >= 4 is 11.7 Å². The van der Waals surface area contributed by atoms with Crippen molar-refractivity contribution in [3.8, 4) is 0 Å². The lowest BCUT2D eigenvalue weighted by molar-refractivity contribution is -0.114. The van der Waals surface area contributed by atoms with Gasteiger partial charge in [-0.2, -0.15) is 0 Å². The predicted octanol–water partition coefficient (Wildman–Crippen LogP) is 4.73. The highest BCUT2D eigenvalue weighted by molar-refractivity contribution is 5.89. The van der Waals surface area contributed by atoms with Gasteiger partial charge in [0.1, 0.15) is 5.94 Å². The predicted molar refractivity (Wildman–Crippen MR) is 96.0 cm³/mol. The van der Waals surface area contributed by atoms with Crippen LogP contribution in [-0.4, -0.2) is 22.9 Å². The van der Waals surface area contributed by atoms with Crippen LogP contribution in [0.4, 0.5) is 0 Å². The fourth-order valence-electron chi connectivity index (χ4n) is 2.33. The minimum Gasteiger partial charge on any atom is -0.393 e. The van der Waals surface area contributed by atoms with Gasteiger partial charge in [0.2, 0.25) is 0 Å². The lowest BCUT2D eigenvalue weighted by Gasteiger charge is -2.09. The third-order valence-electron chi connectivity index (χ3n) is 3.72. The summed E-state index contributed by atoms with van der Waals surface area (Å²) in [5.41, 5.74) is 0. The van der Waals surface area contributed by atoms with Gasteiger partial charge < -0.3 is 5.11 Å². The number of unbranched alkanes of at least 4 members (excludes halogenated alkanes) is 5. The van der Waals surface area contributed by atoms with Gasteiger partial charge in [-0.05, 0) is 31.8 Å². The van der Waals surface area contributed by atoms with Crippen molar-refractivity contribution in [3.63, 3.8) is 0 Å². The minimum atomic E-state index is -0.146. The quantitative estimate of drug-likeness (QED) is 0.205. The smallest absolute Gasteiger partial charge is 0.155 e. The van der Waals surface area contributed by atoms with E-state index in [4.69, 9.17) is 0 Å². The molecule has 0 aliphatic heterocycles. The van der Waals surface area contributed by atoms with Crippen molar-refractivity contribution in [1.82, 2.24) is 0 Å². The van der Waals surface area contributed by atoms with Crippen LogP contribution in [0.5, 0.6) is 0 Å². The normalized spacial score (nSPS) is 12.6. The summed E-state index contributed by atoms with van der Waals surface area (Å²) in [5.74, 6) is 1.84. The zero-order valence-corrected chi connectivity index (χ0v) is 14.5. The van der Waals surface area contributed by atoms with E-state index in [0.717, 1.165) is 44.9 Å². The molecule has 0 fully saturated rings. The number of hydrogen-bond acceptors (Lipinski definition) is 3. The Morgan fingerprint density at radius 2 is 1.74 bits per heavy atom. The van der Waals surface area contributed by atoms with Gasteiger partial charge in [-0.15, -0.1) is 0 Å². The SMILES string of the molecule is CCCCC[C@H](O)CCCCCCC(=O)/C=C/C=C/CC=C=O. The molecule has 0 aliphatic carbocycles. The lowest BCUT2D eigenvalue weighted by Crippen LogP contribution is -2.05. The van der Waals surface area contributed by atoms with Crippen molar-refractivity contribution in [3.05, 3.63) is 30.4 Å². The monoisotopic (exact) mass is 320 g/mol. The number of ketones is 1. The number of allylic oxidation sites excluding steroid dienone is 5. The summed E-state index contributed by atoms with van der Waals surface area (Å²) in [6.07, 6.45) is 18.7. The molecule has 0 aromatic rings. The molecule has 3 heteroatoms. The molecule has 0 saturated carbocycles. The first-order valence-corrected chi connectivity index (χ1v) is 8.94. The second-order valence-corrected chi connectivity index (χ2v) is 5.91. The Kier molecular flexibility index (Phi) is 15.9. The standard InChI is InChI=1S/C20H32O3/c1-2-3-9-14-19(22)16-11-6-7-12-17-20(23)15-10-5-4-8-13-18-21/h4-5,10,13,15,19,22H,2-3,6-9,11-12,14,16-17H2,1H3/b5-4+,15-10+/t19-/m0/s1. The highest BCUT2D eigenvalue weighted by Gasteiger charge is 2.03. The highest BCUT2D eigenvalue weighted by Crippen LogP contribution is 2.12. The maximum Gasteiger partial charge on any atom is 0.155 e. The van der Waals surface area contributed by atoms with Gasteiger partial charge in [0.15, 0.2) is 5.78 Å². The Balaban J connectivity index is 3.49. The second-order valence-electron chi connectivity index (χ2n) is 5.91. The Morgan fingerprint density at radius 1 is 1.04 bits per heavy atom. The number of aliphatic hydroxyl groups excluding tert-OH is 1. The van der Waals surface area contributed by atoms with Crippen LogP contribution in [0.2, 0.25) is 0 Å². The van der Waals surface area contributed by atoms with Gasteiger partial charge in [-0.1, -0.05) is 63.7 Å².